The second kappa shape index (κ2) is 5.91. The van der Waals surface area contributed by atoms with Gasteiger partial charge in [-0.2, -0.15) is 0 Å². The molecular weight excluding hydrogens is 240 g/mol. The Kier molecular flexibility index (Phi) is 4.78. The van der Waals surface area contributed by atoms with Crippen molar-refractivity contribution in [3.05, 3.63) is 35.4 Å². The molecule has 1 rings (SSSR count). The van der Waals surface area contributed by atoms with Crippen LogP contribution in [-0.4, -0.2) is 17.6 Å². The molecule has 0 saturated heterocycles. The number of halogens is 2. The summed E-state index contributed by atoms with van der Waals surface area (Å²) in [5, 5.41) is 9.27. The molecule has 0 radical (unpaired) electrons. The van der Waals surface area contributed by atoms with Crippen LogP contribution in [0.2, 0.25) is 0 Å². The van der Waals surface area contributed by atoms with E-state index in [2.05, 4.69) is 0 Å². The van der Waals surface area contributed by atoms with E-state index in [0.29, 0.717) is 6.42 Å². The van der Waals surface area contributed by atoms with Crippen LogP contribution < -0.4 is 5.73 Å². The van der Waals surface area contributed by atoms with Gasteiger partial charge in [-0.15, -0.1) is 0 Å². The summed E-state index contributed by atoms with van der Waals surface area (Å²) in [5.74, 6) is -2.58. The summed E-state index contributed by atoms with van der Waals surface area (Å²) in [6.45, 7) is 1.66. The Morgan fingerprint density at radius 2 is 1.94 bits per heavy atom. The lowest BCUT2D eigenvalue weighted by Gasteiger charge is -2.27. The van der Waals surface area contributed by atoms with E-state index in [1.165, 1.54) is 6.07 Å². The van der Waals surface area contributed by atoms with Crippen molar-refractivity contribution in [3.63, 3.8) is 0 Å². The van der Waals surface area contributed by atoms with Crippen LogP contribution >= 0.6 is 0 Å². The summed E-state index contributed by atoms with van der Waals surface area (Å²) in [4.78, 5) is 11.3. The van der Waals surface area contributed by atoms with Crippen molar-refractivity contribution in [1.82, 2.24) is 0 Å². The fourth-order valence-electron chi connectivity index (χ4n) is 2.05. The van der Waals surface area contributed by atoms with Gasteiger partial charge in [0.15, 0.2) is 0 Å². The molecule has 3 N–H and O–H groups in total. The van der Waals surface area contributed by atoms with E-state index in [1.807, 2.05) is 6.92 Å². The molecule has 0 aliphatic heterocycles. The highest BCUT2D eigenvalue weighted by Crippen LogP contribution is 2.30. The lowest BCUT2D eigenvalue weighted by Crippen LogP contribution is -2.41. The third-order valence-corrected chi connectivity index (χ3v) is 3.15. The smallest absolute Gasteiger partial charge is 0.311 e. The maximum Gasteiger partial charge on any atom is 0.311 e. The van der Waals surface area contributed by atoms with Gasteiger partial charge in [0.25, 0.3) is 0 Å². The molecule has 18 heavy (non-hydrogen) atoms. The van der Waals surface area contributed by atoms with Crippen LogP contribution in [0, 0.1) is 17.0 Å². The second-order valence-electron chi connectivity index (χ2n) is 4.42. The number of benzene rings is 1. The molecule has 1 aromatic rings. The fraction of sp³-hybridized carbons (Fsp3) is 0.462. The van der Waals surface area contributed by atoms with E-state index in [9.17, 15) is 18.7 Å². The van der Waals surface area contributed by atoms with E-state index in [-0.39, 0.29) is 24.9 Å². The molecule has 1 unspecified atom stereocenters. The van der Waals surface area contributed by atoms with Gasteiger partial charge in [0.2, 0.25) is 0 Å². The van der Waals surface area contributed by atoms with Gasteiger partial charge in [-0.3, -0.25) is 4.79 Å². The minimum atomic E-state index is -1.31. The van der Waals surface area contributed by atoms with Crippen molar-refractivity contribution in [1.29, 1.82) is 0 Å². The van der Waals surface area contributed by atoms with Gasteiger partial charge in [-0.1, -0.05) is 19.4 Å². The lowest BCUT2D eigenvalue weighted by molar-refractivity contribution is -0.148. The molecule has 0 bridgehead atoms. The molecule has 0 aromatic heterocycles. The number of hydrogen-bond donors (Lipinski definition) is 2. The highest BCUT2D eigenvalue weighted by Gasteiger charge is 2.37. The summed E-state index contributed by atoms with van der Waals surface area (Å²) < 4.78 is 27.1. The van der Waals surface area contributed by atoms with Gasteiger partial charge in [0, 0.05) is 12.1 Å². The lowest BCUT2D eigenvalue weighted by atomic mass is 9.77. The summed E-state index contributed by atoms with van der Waals surface area (Å²) in [6.07, 6.45) is 0.636. The second-order valence-corrected chi connectivity index (χ2v) is 4.42. The van der Waals surface area contributed by atoms with E-state index >= 15 is 0 Å². The molecule has 0 spiro atoms. The highest BCUT2D eigenvalue weighted by atomic mass is 19.1. The zero-order chi connectivity index (χ0) is 13.8. The molecule has 0 amide bonds. The molecular formula is C13H17F2NO2. The van der Waals surface area contributed by atoms with Crippen molar-refractivity contribution in [2.45, 2.75) is 26.2 Å². The average molecular weight is 257 g/mol. The molecule has 3 nitrogen and oxygen atoms in total. The summed E-state index contributed by atoms with van der Waals surface area (Å²) in [7, 11) is 0. The van der Waals surface area contributed by atoms with Crippen molar-refractivity contribution < 1.29 is 18.7 Å². The SMILES string of the molecule is CCCC(CN)(Cc1c(F)cccc1F)C(=O)O. The number of carboxylic acids is 1. The Hall–Kier alpha value is -1.49. The van der Waals surface area contributed by atoms with Gasteiger partial charge in [0.05, 0.1) is 5.41 Å². The maximum atomic E-state index is 13.5. The largest absolute Gasteiger partial charge is 0.481 e. The molecule has 0 aliphatic carbocycles. The Morgan fingerprint density at radius 3 is 2.33 bits per heavy atom. The number of nitrogens with two attached hydrogens (primary N) is 1. The third kappa shape index (κ3) is 2.85. The van der Waals surface area contributed by atoms with Crippen molar-refractivity contribution in [3.8, 4) is 0 Å². The highest BCUT2D eigenvalue weighted by molar-refractivity contribution is 5.75. The van der Waals surface area contributed by atoms with Gasteiger partial charge < -0.3 is 10.8 Å². The van der Waals surface area contributed by atoms with Gasteiger partial charge in [-0.25, -0.2) is 8.78 Å². The van der Waals surface area contributed by atoms with Crippen LogP contribution in [-0.2, 0) is 11.2 Å². The first-order valence-electron chi connectivity index (χ1n) is 5.83. The molecule has 0 fully saturated rings. The molecule has 5 heteroatoms. The zero-order valence-electron chi connectivity index (χ0n) is 10.2. The first-order chi connectivity index (χ1) is 8.46. The first kappa shape index (κ1) is 14.6. The topological polar surface area (TPSA) is 63.3 Å². The minimum absolute atomic E-state index is 0.149. The Balaban J connectivity index is 3.14. The number of carboxylic acid groups (broad SMARTS) is 1. The minimum Gasteiger partial charge on any atom is -0.481 e. The van der Waals surface area contributed by atoms with Crippen molar-refractivity contribution in [2.75, 3.05) is 6.54 Å². The summed E-state index contributed by atoms with van der Waals surface area (Å²) >= 11 is 0. The monoisotopic (exact) mass is 257 g/mol. The third-order valence-electron chi connectivity index (χ3n) is 3.15. The molecule has 0 aliphatic rings. The molecule has 1 aromatic carbocycles. The quantitative estimate of drug-likeness (QED) is 0.822. The zero-order valence-corrected chi connectivity index (χ0v) is 10.2. The van der Waals surface area contributed by atoms with Gasteiger partial charge >= 0.3 is 5.97 Å². The predicted octanol–water partition coefficient (Wildman–Crippen LogP) is 2.34. The van der Waals surface area contributed by atoms with Crippen LogP contribution in [0.25, 0.3) is 0 Å². The van der Waals surface area contributed by atoms with Crippen LogP contribution in [0.5, 0.6) is 0 Å². The molecule has 0 saturated carbocycles. The molecule has 1 atom stereocenters. The first-order valence-corrected chi connectivity index (χ1v) is 5.83. The van der Waals surface area contributed by atoms with E-state index < -0.39 is 23.0 Å². The Bertz CT molecular complexity index is 417. The van der Waals surface area contributed by atoms with Crippen LogP contribution in [0.15, 0.2) is 18.2 Å². The number of aliphatic carboxylic acids is 1. The van der Waals surface area contributed by atoms with E-state index in [4.69, 9.17) is 5.73 Å². The predicted molar refractivity (Wildman–Crippen MR) is 64.1 cm³/mol. The standard InChI is InChI=1S/C13H17F2NO2/c1-2-6-13(8-16,12(17)18)7-9-10(14)4-3-5-11(9)15/h3-5H,2,6-8,16H2,1H3,(H,17,18). The average Bonchev–Trinajstić information content (AvgIpc) is 2.32. The van der Waals surface area contributed by atoms with E-state index in [0.717, 1.165) is 12.1 Å². The maximum absolute atomic E-state index is 13.5. The van der Waals surface area contributed by atoms with E-state index in [1.54, 1.807) is 0 Å². The van der Waals surface area contributed by atoms with Crippen molar-refractivity contribution in [2.24, 2.45) is 11.1 Å². The Labute approximate surface area is 105 Å². The summed E-state index contributed by atoms with van der Waals surface area (Å²) in [5.41, 5.74) is 4.00. The van der Waals surface area contributed by atoms with Crippen LogP contribution in [0.1, 0.15) is 25.3 Å². The Morgan fingerprint density at radius 1 is 1.39 bits per heavy atom. The molecule has 0 heterocycles. The van der Waals surface area contributed by atoms with Crippen molar-refractivity contribution >= 4 is 5.97 Å². The summed E-state index contributed by atoms with van der Waals surface area (Å²) in [6, 6.07) is 3.49. The number of rotatable bonds is 6. The van der Waals surface area contributed by atoms with Gasteiger partial charge in [0.1, 0.15) is 11.6 Å². The number of hydrogen-bond acceptors (Lipinski definition) is 2. The normalized spacial score (nSPS) is 14.2. The van der Waals surface area contributed by atoms with Gasteiger partial charge in [-0.05, 0) is 25.0 Å². The van der Waals surface area contributed by atoms with Crippen LogP contribution in [0.4, 0.5) is 8.78 Å². The fourth-order valence-corrected chi connectivity index (χ4v) is 2.05. The number of carbonyl (C=O) groups is 1. The molecule has 100 valence electrons. The van der Waals surface area contributed by atoms with Crippen LogP contribution in [0.3, 0.4) is 0 Å².